The Kier molecular flexibility index (Phi) is 5.57. The summed E-state index contributed by atoms with van der Waals surface area (Å²) in [5.74, 6) is -0.916. The molecule has 0 aliphatic carbocycles. The number of benzene rings is 1. The summed E-state index contributed by atoms with van der Waals surface area (Å²) in [7, 11) is 0. The maximum absolute atomic E-state index is 11.6. The maximum Gasteiger partial charge on any atom is 0.407 e. The molecule has 2 rings (SSSR count). The second-order valence-electron chi connectivity index (χ2n) is 5.04. The molecular formula is C15H20N2O4. The predicted octanol–water partition coefficient (Wildman–Crippen LogP) is 1.46. The van der Waals surface area contributed by atoms with Gasteiger partial charge in [0, 0.05) is 6.54 Å². The van der Waals surface area contributed by atoms with Crippen molar-refractivity contribution in [2.45, 2.75) is 25.5 Å². The van der Waals surface area contributed by atoms with Gasteiger partial charge in [0.2, 0.25) is 0 Å². The van der Waals surface area contributed by atoms with E-state index >= 15 is 0 Å². The van der Waals surface area contributed by atoms with Crippen LogP contribution in [0.1, 0.15) is 18.4 Å². The van der Waals surface area contributed by atoms with E-state index in [1.807, 2.05) is 35.2 Å². The van der Waals surface area contributed by atoms with Crippen LogP contribution in [0.2, 0.25) is 0 Å². The third-order valence-corrected chi connectivity index (χ3v) is 3.52. The molecule has 0 saturated carbocycles. The Morgan fingerprint density at radius 3 is 2.52 bits per heavy atom. The van der Waals surface area contributed by atoms with Crippen LogP contribution < -0.4 is 5.32 Å². The average Bonchev–Trinajstić information content (AvgIpc) is 3.00. The molecule has 0 radical (unpaired) electrons. The number of carboxylic acids is 1. The average molecular weight is 292 g/mol. The molecule has 6 heteroatoms. The fraction of sp³-hybridized carbons (Fsp3) is 0.467. The summed E-state index contributed by atoms with van der Waals surface area (Å²) >= 11 is 0. The normalized spacial score (nSPS) is 16.4. The number of ether oxygens (including phenoxy) is 1. The first-order chi connectivity index (χ1) is 10.2. The molecule has 1 saturated heterocycles. The first kappa shape index (κ1) is 15.3. The van der Waals surface area contributed by atoms with Gasteiger partial charge in [0.15, 0.2) is 0 Å². The van der Waals surface area contributed by atoms with Gasteiger partial charge < -0.3 is 15.2 Å². The fourth-order valence-corrected chi connectivity index (χ4v) is 2.38. The number of likely N-dealkylation sites (tertiary alicyclic amines) is 1. The Morgan fingerprint density at radius 1 is 1.24 bits per heavy atom. The molecule has 0 bridgehead atoms. The molecule has 0 aromatic heterocycles. The molecular weight excluding hydrogens is 272 g/mol. The lowest BCUT2D eigenvalue weighted by atomic mass is 10.2. The minimum Gasteiger partial charge on any atom is -0.480 e. The third-order valence-electron chi connectivity index (χ3n) is 3.52. The number of nitrogens with zero attached hydrogens (tertiary/aromatic N) is 1. The summed E-state index contributed by atoms with van der Waals surface area (Å²) in [5, 5.41) is 11.7. The van der Waals surface area contributed by atoms with Gasteiger partial charge in [-0.1, -0.05) is 30.3 Å². The molecule has 6 nitrogen and oxygen atoms in total. The Balaban J connectivity index is 1.75. The lowest BCUT2D eigenvalue weighted by Crippen LogP contribution is -2.47. The summed E-state index contributed by atoms with van der Waals surface area (Å²) < 4.78 is 5.06. The second-order valence-corrected chi connectivity index (χ2v) is 5.04. The van der Waals surface area contributed by atoms with Crippen LogP contribution in [0.15, 0.2) is 30.3 Å². The number of aliphatic carboxylic acids is 1. The van der Waals surface area contributed by atoms with E-state index in [4.69, 9.17) is 4.74 Å². The van der Waals surface area contributed by atoms with Crippen molar-refractivity contribution >= 4 is 12.1 Å². The molecule has 1 aliphatic rings. The molecule has 1 unspecified atom stereocenters. The van der Waals surface area contributed by atoms with Gasteiger partial charge in [0.25, 0.3) is 0 Å². The summed E-state index contributed by atoms with van der Waals surface area (Å²) in [5.41, 5.74) is 0.891. The van der Waals surface area contributed by atoms with Crippen molar-refractivity contribution in [3.8, 4) is 0 Å². The fourth-order valence-electron chi connectivity index (χ4n) is 2.38. The van der Waals surface area contributed by atoms with E-state index in [0.29, 0.717) is 0 Å². The van der Waals surface area contributed by atoms with Crippen molar-refractivity contribution in [3.63, 3.8) is 0 Å². The highest BCUT2D eigenvalue weighted by Gasteiger charge is 2.28. The highest BCUT2D eigenvalue weighted by atomic mass is 16.5. The molecule has 1 aromatic carbocycles. The van der Waals surface area contributed by atoms with Crippen molar-refractivity contribution in [1.29, 1.82) is 0 Å². The SMILES string of the molecule is O=C(NCC(C(=O)O)N1CCCC1)OCc1ccccc1. The molecule has 114 valence electrons. The number of alkyl carbamates (subject to hydrolysis) is 1. The largest absolute Gasteiger partial charge is 0.480 e. The van der Waals surface area contributed by atoms with E-state index in [1.54, 1.807) is 0 Å². The predicted molar refractivity (Wildman–Crippen MR) is 76.9 cm³/mol. The molecule has 1 atom stereocenters. The highest BCUT2D eigenvalue weighted by molar-refractivity contribution is 5.75. The molecule has 1 amide bonds. The van der Waals surface area contributed by atoms with Crippen LogP contribution >= 0.6 is 0 Å². The van der Waals surface area contributed by atoms with E-state index in [2.05, 4.69) is 5.32 Å². The quantitative estimate of drug-likeness (QED) is 0.830. The summed E-state index contributed by atoms with van der Waals surface area (Å²) in [6.07, 6.45) is 1.41. The van der Waals surface area contributed by atoms with Crippen LogP contribution in [0.5, 0.6) is 0 Å². The standard InChI is InChI=1S/C15H20N2O4/c18-14(19)13(17-8-4-5-9-17)10-16-15(20)21-11-12-6-2-1-3-7-12/h1-3,6-7,13H,4-5,8-11H2,(H,16,20)(H,18,19). The highest BCUT2D eigenvalue weighted by Crippen LogP contribution is 2.11. The number of amides is 1. The zero-order chi connectivity index (χ0) is 15.1. The van der Waals surface area contributed by atoms with Gasteiger partial charge in [0.1, 0.15) is 12.6 Å². The molecule has 1 fully saturated rings. The van der Waals surface area contributed by atoms with Gasteiger partial charge in [-0.25, -0.2) is 4.79 Å². The lowest BCUT2D eigenvalue weighted by Gasteiger charge is -2.23. The number of carbonyl (C=O) groups is 2. The molecule has 0 spiro atoms. The number of carboxylic acid groups (broad SMARTS) is 1. The van der Waals surface area contributed by atoms with E-state index in [-0.39, 0.29) is 13.2 Å². The molecule has 21 heavy (non-hydrogen) atoms. The van der Waals surface area contributed by atoms with E-state index in [1.165, 1.54) is 0 Å². The van der Waals surface area contributed by atoms with Crippen LogP contribution in [0, 0.1) is 0 Å². The zero-order valence-electron chi connectivity index (χ0n) is 11.8. The molecule has 1 aliphatic heterocycles. The molecule has 1 heterocycles. The Labute approximate surface area is 123 Å². The van der Waals surface area contributed by atoms with Gasteiger partial charge >= 0.3 is 12.1 Å². The van der Waals surface area contributed by atoms with Crippen molar-refractivity contribution in [3.05, 3.63) is 35.9 Å². The molecule has 1 aromatic rings. The van der Waals surface area contributed by atoms with Gasteiger partial charge in [-0.05, 0) is 31.5 Å². The van der Waals surface area contributed by atoms with Crippen LogP contribution in [0.3, 0.4) is 0 Å². The van der Waals surface area contributed by atoms with Crippen LogP contribution in [-0.2, 0) is 16.1 Å². The summed E-state index contributed by atoms with van der Waals surface area (Å²) in [4.78, 5) is 24.7. The number of rotatable bonds is 6. The van der Waals surface area contributed by atoms with Crippen LogP contribution in [-0.4, -0.2) is 47.7 Å². The number of nitrogens with one attached hydrogen (secondary N) is 1. The molecule has 2 N–H and O–H groups in total. The monoisotopic (exact) mass is 292 g/mol. The van der Waals surface area contributed by atoms with Crippen molar-refractivity contribution < 1.29 is 19.4 Å². The van der Waals surface area contributed by atoms with Crippen molar-refractivity contribution in [1.82, 2.24) is 10.2 Å². The number of hydrogen-bond acceptors (Lipinski definition) is 4. The minimum atomic E-state index is -0.916. The lowest BCUT2D eigenvalue weighted by molar-refractivity contribution is -0.142. The maximum atomic E-state index is 11.6. The van der Waals surface area contributed by atoms with Gasteiger partial charge in [0.05, 0.1) is 0 Å². The van der Waals surface area contributed by atoms with E-state index in [0.717, 1.165) is 31.5 Å². The van der Waals surface area contributed by atoms with Gasteiger partial charge in [-0.3, -0.25) is 9.69 Å². The Hall–Kier alpha value is -2.08. The van der Waals surface area contributed by atoms with E-state index in [9.17, 15) is 14.7 Å². The Bertz CT molecular complexity index is 472. The second kappa shape index (κ2) is 7.64. The summed E-state index contributed by atoms with van der Waals surface area (Å²) in [6.45, 7) is 1.76. The Morgan fingerprint density at radius 2 is 1.90 bits per heavy atom. The minimum absolute atomic E-state index is 0.0585. The number of carbonyl (C=O) groups excluding carboxylic acids is 1. The third kappa shape index (κ3) is 4.75. The van der Waals surface area contributed by atoms with Crippen molar-refractivity contribution in [2.24, 2.45) is 0 Å². The van der Waals surface area contributed by atoms with Crippen LogP contribution in [0.25, 0.3) is 0 Å². The van der Waals surface area contributed by atoms with Crippen LogP contribution in [0.4, 0.5) is 4.79 Å². The van der Waals surface area contributed by atoms with Gasteiger partial charge in [-0.2, -0.15) is 0 Å². The zero-order valence-corrected chi connectivity index (χ0v) is 11.8. The van der Waals surface area contributed by atoms with Gasteiger partial charge in [-0.15, -0.1) is 0 Å². The van der Waals surface area contributed by atoms with Crippen molar-refractivity contribution in [2.75, 3.05) is 19.6 Å². The first-order valence-corrected chi connectivity index (χ1v) is 7.08. The summed E-state index contributed by atoms with van der Waals surface area (Å²) in [6, 6.07) is 8.65. The number of hydrogen-bond donors (Lipinski definition) is 2. The smallest absolute Gasteiger partial charge is 0.407 e. The first-order valence-electron chi connectivity index (χ1n) is 7.08. The topological polar surface area (TPSA) is 78.9 Å². The van der Waals surface area contributed by atoms with E-state index < -0.39 is 18.1 Å².